The lowest BCUT2D eigenvalue weighted by molar-refractivity contribution is -0.152. The van der Waals surface area contributed by atoms with Gasteiger partial charge in [-0.25, -0.2) is 15.0 Å². The molecule has 1 spiro atoms. The fourth-order valence-corrected chi connectivity index (χ4v) is 4.20. The van der Waals surface area contributed by atoms with Crippen molar-refractivity contribution in [1.82, 2.24) is 24.8 Å². The number of hydrogen-bond acceptors (Lipinski definition) is 8. The van der Waals surface area contributed by atoms with E-state index in [-0.39, 0.29) is 13.8 Å². The largest absolute Gasteiger partial charge is 0.387 e. The maximum atomic E-state index is 12.3. The van der Waals surface area contributed by atoms with E-state index < -0.39 is 29.9 Å². The van der Waals surface area contributed by atoms with Crippen LogP contribution < -0.4 is 10.6 Å². The molecule has 2 saturated heterocycles. The van der Waals surface area contributed by atoms with Crippen LogP contribution in [0.3, 0.4) is 0 Å². The molecule has 5 rings (SSSR count). The number of carbonyl (C=O) groups is 1. The van der Waals surface area contributed by atoms with Gasteiger partial charge in [-0.15, -0.1) is 0 Å². The number of anilines is 1. The van der Waals surface area contributed by atoms with Gasteiger partial charge >= 0.3 is 0 Å². The summed E-state index contributed by atoms with van der Waals surface area (Å²) in [5.41, 5.74) is 1.76. The van der Waals surface area contributed by atoms with Crippen molar-refractivity contribution in [2.75, 3.05) is 11.9 Å². The zero-order valence-corrected chi connectivity index (χ0v) is 16.3. The highest BCUT2D eigenvalue weighted by atomic mass is 16.6. The van der Waals surface area contributed by atoms with Gasteiger partial charge in [0.2, 0.25) is 0 Å². The average Bonchev–Trinajstić information content (AvgIpc) is 3.40. The Morgan fingerprint density at radius 2 is 2.16 bits per heavy atom. The molecule has 0 aliphatic carbocycles. The summed E-state index contributed by atoms with van der Waals surface area (Å²) >= 11 is 0. The van der Waals surface area contributed by atoms with Crippen LogP contribution in [0, 0.1) is 6.92 Å². The number of nitrogens with one attached hydrogen (secondary N) is 2. The van der Waals surface area contributed by atoms with E-state index in [1.807, 2.05) is 25.1 Å². The fraction of sp³-hybridized carbons (Fsp3) is 0.429. The Balaban J connectivity index is 0.00000231. The lowest BCUT2D eigenvalue weighted by Gasteiger charge is -2.23. The van der Waals surface area contributed by atoms with Gasteiger partial charge in [-0.2, -0.15) is 0 Å². The smallest absolute Gasteiger partial charge is 0.255 e. The lowest BCUT2D eigenvalue weighted by Crippen LogP contribution is -2.48. The highest BCUT2D eigenvalue weighted by molar-refractivity contribution is 5.88. The van der Waals surface area contributed by atoms with E-state index in [4.69, 9.17) is 4.74 Å². The van der Waals surface area contributed by atoms with Crippen LogP contribution in [-0.4, -0.2) is 60.0 Å². The van der Waals surface area contributed by atoms with Crippen molar-refractivity contribution in [3.63, 3.8) is 0 Å². The van der Waals surface area contributed by atoms with Gasteiger partial charge in [-0.05, 0) is 12.5 Å². The number of ether oxygens (including phenoxy) is 1. The molecule has 2 aliphatic rings. The zero-order chi connectivity index (χ0) is 20.9. The van der Waals surface area contributed by atoms with Crippen molar-refractivity contribution < 1.29 is 19.7 Å². The predicted octanol–water partition coefficient (Wildman–Crippen LogP) is 0.892. The Labute approximate surface area is 179 Å². The molecule has 2 aromatic heterocycles. The number of amides is 1. The van der Waals surface area contributed by atoms with Crippen molar-refractivity contribution in [3.8, 4) is 0 Å². The molecule has 0 radical (unpaired) electrons. The molecule has 4 N–H and O–H groups in total. The normalized spacial score (nSPS) is 27.5. The van der Waals surface area contributed by atoms with Crippen LogP contribution in [-0.2, 0) is 16.1 Å². The van der Waals surface area contributed by atoms with Gasteiger partial charge in [0.05, 0.1) is 6.33 Å². The second-order valence-electron chi connectivity index (χ2n) is 7.73. The molecule has 164 valence electrons. The van der Waals surface area contributed by atoms with E-state index in [0.29, 0.717) is 30.1 Å². The van der Waals surface area contributed by atoms with Crippen LogP contribution in [0.1, 0.15) is 31.2 Å². The standard InChI is InChI=1S/C20H22N6O4.CH4/c1-11-3-2-4-12(7-11)8-22-16-13-17(24-9-23-16)26(10-25-13)18-14(27)15(28)20(30-18)5-6-21-19(20)29;/h2-4,7,9-10,14-15,18,27-28H,5-6,8H2,1H3,(H,21,29)(H,22,23,24);1H4/t14-,15+,18-,20+;/m1./s1. The lowest BCUT2D eigenvalue weighted by atomic mass is 9.94. The number of hydrogen-bond donors (Lipinski definition) is 4. The number of aliphatic hydroxyl groups is 2. The number of nitrogens with zero attached hydrogens (tertiary/aromatic N) is 4. The Kier molecular flexibility index (Phi) is 5.38. The number of imidazole rings is 1. The summed E-state index contributed by atoms with van der Waals surface area (Å²) in [5, 5.41) is 27.1. The van der Waals surface area contributed by atoms with E-state index >= 15 is 0 Å². The minimum Gasteiger partial charge on any atom is -0.387 e. The number of aromatic nitrogens is 4. The molecule has 4 atom stereocenters. The van der Waals surface area contributed by atoms with E-state index in [1.54, 1.807) is 0 Å². The maximum Gasteiger partial charge on any atom is 0.255 e. The van der Waals surface area contributed by atoms with Crippen molar-refractivity contribution in [2.45, 2.75) is 51.4 Å². The van der Waals surface area contributed by atoms with Crippen LogP contribution in [0.5, 0.6) is 0 Å². The SMILES string of the molecule is C.Cc1cccc(CNc2ncnc3c2ncn3[C@@H]2O[C@@]3(CCNC3=O)[C@@H](O)[C@H]2O)c1. The summed E-state index contributed by atoms with van der Waals surface area (Å²) in [5.74, 6) is 0.123. The minimum absolute atomic E-state index is 0. The quantitative estimate of drug-likeness (QED) is 0.483. The van der Waals surface area contributed by atoms with Crippen LogP contribution >= 0.6 is 0 Å². The first kappa shape index (κ1) is 21.2. The monoisotopic (exact) mass is 426 g/mol. The third-order valence-corrected chi connectivity index (χ3v) is 5.77. The number of benzene rings is 1. The second kappa shape index (κ2) is 7.88. The van der Waals surface area contributed by atoms with Crippen molar-refractivity contribution in [2.24, 2.45) is 0 Å². The molecular weight excluding hydrogens is 400 g/mol. The number of aryl methyl sites for hydroxylation is 1. The highest BCUT2D eigenvalue weighted by Gasteiger charge is 2.61. The summed E-state index contributed by atoms with van der Waals surface area (Å²) in [6, 6.07) is 8.13. The van der Waals surface area contributed by atoms with Crippen molar-refractivity contribution in [1.29, 1.82) is 0 Å². The minimum atomic E-state index is -1.46. The summed E-state index contributed by atoms with van der Waals surface area (Å²) < 4.78 is 7.44. The van der Waals surface area contributed by atoms with Gasteiger partial charge in [0, 0.05) is 19.5 Å². The van der Waals surface area contributed by atoms with E-state index in [1.165, 1.54) is 22.8 Å². The molecule has 0 unspecified atom stereocenters. The van der Waals surface area contributed by atoms with Crippen LogP contribution in [0.25, 0.3) is 11.2 Å². The molecule has 2 fully saturated rings. The first-order valence-electron chi connectivity index (χ1n) is 9.79. The molecule has 10 heteroatoms. The molecule has 1 amide bonds. The molecule has 3 aromatic rings. The van der Waals surface area contributed by atoms with Crippen LogP contribution in [0.4, 0.5) is 5.82 Å². The highest BCUT2D eigenvalue weighted by Crippen LogP contribution is 2.42. The van der Waals surface area contributed by atoms with Gasteiger partial charge in [-0.1, -0.05) is 37.3 Å². The zero-order valence-electron chi connectivity index (χ0n) is 16.3. The molecule has 31 heavy (non-hydrogen) atoms. The molecule has 2 aliphatic heterocycles. The Bertz CT molecular complexity index is 1120. The molecule has 0 saturated carbocycles. The number of fused-ring (bicyclic) bond motifs is 1. The average molecular weight is 426 g/mol. The first-order valence-corrected chi connectivity index (χ1v) is 9.79. The Hall–Kier alpha value is -3.08. The first-order chi connectivity index (χ1) is 14.5. The van der Waals surface area contributed by atoms with Gasteiger partial charge in [-0.3, -0.25) is 9.36 Å². The molecule has 10 nitrogen and oxygen atoms in total. The van der Waals surface area contributed by atoms with E-state index in [0.717, 1.165) is 5.56 Å². The summed E-state index contributed by atoms with van der Waals surface area (Å²) in [4.78, 5) is 25.2. The van der Waals surface area contributed by atoms with E-state index in [9.17, 15) is 15.0 Å². The molecule has 4 heterocycles. The van der Waals surface area contributed by atoms with Crippen LogP contribution in [0.15, 0.2) is 36.9 Å². The molecule has 0 bridgehead atoms. The predicted molar refractivity (Wildman–Crippen MR) is 113 cm³/mol. The van der Waals surface area contributed by atoms with Gasteiger partial charge in [0.1, 0.15) is 18.5 Å². The van der Waals surface area contributed by atoms with Crippen molar-refractivity contribution in [3.05, 3.63) is 48.0 Å². The Morgan fingerprint density at radius 1 is 1.32 bits per heavy atom. The van der Waals surface area contributed by atoms with Gasteiger partial charge in [0.25, 0.3) is 5.91 Å². The Morgan fingerprint density at radius 3 is 2.90 bits per heavy atom. The third kappa shape index (κ3) is 3.32. The second-order valence-corrected chi connectivity index (χ2v) is 7.73. The van der Waals surface area contributed by atoms with Crippen LogP contribution in [0.2, 0.25) is 0 Å². The van der Waals surface area contributed by atoms with Gasteiger partial charge in [0.15, 0.2) is 28.8 Å². The topological polar surface area (TPSA) is 134 Å². The van der Waals surface area contributed by atoms with Crippen molar-refractivity contribution >= 4 is 22.9 Å². The third-order valence-electron chi connectivity index (χ3n) is 5.77. The molecule has 1 aromatic carbocycles. The summed E-state index contributed by atoms with van der Waals surface area (Å²) in [6.07, 6.45) is -0.481. The molecular formula is C21H26N6O4. The number of aliphatic hydroxyl groups excluding tert-OH is 2. The summed E-state index contributed by atoms with van der Waals surface area (Å²) in [7, 11) is 0. The number of rotatable bonds is 4. The van der Waals surface area contributed by atoms with E-state index in [2.05, 4.69) is 31.7 Å². The number of carbonyl (C=O) groups excluding carboxylic acids is 1. The summed E-state index contributed by atoms with van der Waals surface area (Å²) in [6.45, 7) is 2.98. The maximum absolute atomic E-state index is 12.3. The fourth-order valence-electron chi connectivity index (χ4n) is 4.20. The van der Waals surface area contributed by atoms with Gasteiger partial charge < -0.3 is 25.6 Å².